The normalized spacial score (nSPS) is 22.8. The van der Waals surface area contributed by atoms with Crippen LogP contribution in [0.5, 0.6) is 0 Å². The van der Waals surface area contributed by atoms with Gasteiger partial charge in [-0.05, 0) is 19.9 Å². The molecule has 4 heteroatoms. The van der Waals surface area contributed by atoms with Crippen LogP contribution in [0.25, 0.3) is 0 Å². The van der Waals surface area contributed by atoms with Crippen LogP contribution < -0.4 is 5.32 Å². The van der Waals surface area contributed by atoms with Gasteiger partial charge in [0.1, 0.15) is 0 Å². The molecule has 0 aromatic carbocycles. The van der Waals surface area contributed by atoms with Crippen molar-refractivity contribution in [3.05, 3.63) is 11.8 Å². The number of nitrogens with zero attached hydrogens (tertiary/aromatic N) is 1. The minimum Gasteiger partial charge on any atom is -0.490 e. The largest absolute Gasteiger partial charge is 0.490 e. The Kier molecular flexibility index (Phi) is 3.30. The third-order valence-corrected chi connectivity index (χ3v) is 3.39. The highest BCUT2D eigenvalue weighted by Crippen LogP contribution is 2.23. The summed E-state index contributed by atoms with van der Waals surface area (Å²) in [6.45, 7) is 8.39. The first kappa shape index (κ1) is 11.6. The van der Waals surface area contributed by atoms with E-state index in [0.717, 1.165) is 32.6 Å². The van der Waals surface area contributed by atoms with Gasteiger partial charge in [0.25, 0.3) is 0 Å². The third kappa shape index (κ3) is 2.13. The lowest BCUT2D eigenvalue weighted by Gasteiger charge is -2.39. The molecule has 1 N–H and O–H groups in total. The Morgan fingerprint density at radius 1 is 1.44 bits per heavy atom. The van der Waals surface area contributed by atoms with E-state index < -0.39 is 5.54 Å². The molecule has 0 radical (unpaired) electrons. The van der Waals surface area contributed by atoms with Crippen LogP contribution in [0, 0.1) is 0 Å². The molecule has 2 heterocycles. The lowest BCUT2D eigenvalue weighted by Crippen LogP contribution is -2.57. The molecular weight excluding hydrogens is 204 g/mol. The second-order valence-corrected chi connectivity index (χ2v) is 4.83. The summed E-state index contributed by atoms with van der Waals surface area (Å²) in [6, 6.07) is 0. The van der Waals surface area contributed by atoms with Crippen molar-refractivity contribution in [3.8, 4) is 0 Å². The van der Waals surface area contributed by atoms with Gasteiger partial charge in [0.2, 0.25) is 5.78 Å². The molecule has 0 amide bonds. The van der Waals surface area contributed by atoms with Gasteiger partial charge in [-0.25, -0.2) is 0 Å². The van der Waals surface area contributed by atoms with Crippen molar-refractivity contribution in [3.63, 3.8) is 0 Å². The van der Waals surface area contributed by atoms with Crippen molar-refractivity contribution in [1.29, 1.82) is 0 Å². The molecule has 0 unspecified atom stereocenters. The molecule has 0 spiro atoms. The van der Waals surface area contributed by atoms with Gasteiger partial charge in [-0.3, -0.25) is 9.69 Å². The van der Waals surface area contributed by atoms with Crippen LogP contribution in [0.4, 0.5) is 0 Å². The smallest absolute Gasteiger partial charge is 0.216 e. The topological polar surface area (TPSA) is 41.6 Å². The second-order valence-electron chi connectivity index (χ2n) is 4.83. The van der Waals surface area contributed by atoms with Crippen LogP contribution in [0.15, 0.2) is 11.8 Å². The SMILES string of the molecule is CC(C)(C(=O)C1=CCCO1)N1CCNCC1. The molecule has 0 aliphatic carbocycles. The number of Topliss-reactive ketones (excluding diaryl/α,β-unsaturated/α-hetero) is 1. The molecule has 2 rings (SSSR count). The van der Waals surface area contributed by atoms with E-state index in [1.807, 2.05) is 19.9 Å². The molecule has 2 aliphatic heterocycles. The van der Waals surface area contributed by atoms with Gasteiger partial charge in [0.15, 0.2) is 5.76 Å². The summed E-state index contributed by atoms with van der Waals surface area (Å²) in [7, 11) is 0. The Balaban J connectivity index is 2.07. The zero-order valence-electron chi connectivity index (χ0n) is 10.1. The predicted octanol–water partition coefficient (Wildman–Crippen LogP) is 0.544. The van der Waals surface area contributed by atoms with Gasteiger partial charge in [0.05, 0.1) is 12.1 Å². The molecule has 0 aromatic rings. The van der Waals surface area contributed by atoms with Crippen molar-refractivity contribution >= 4 is 5.78 Å². The van der Waals surface area contributed by atoms with E-state index >= 15 is 0 Å². The van der Waals surface area contributed by atoms with Crippen LogP contribution in [-0.2, 0) is 9.53 Å². The van der Waals surface area contributed by atoms with Crippen LogP contribution in [-0.4, -0.2) is 49.0 Å². The highest BCUT2D eigenvalue weighted by atomic mass is 16.5. The van der Waals surface area contributed by atoms with Crippen LogP contribution in [0.3, 0.4) is 0 Å². The zero-order valence-corrected chi connectivity index (χ0v) is 10.1. The molecule has 0 saturated carbocycles. The molecule has 0 aromatic heterocycles. The maximum atomic E-state index is 12.3. The fourth-order valence-corrected chi connectivity index (χ4v) is 2.25. The first-order valence-electron chi connectivity index (χ1n) is 5.96. The summed E-state index contributed by atoms with van der Waals surface area (Å²) in [5.74, 6) is 0.676. The van der Waals surface area contributed by atoms with Crippen molar-refractivity contribution < 1.29 is 9.53 Å². The number of piperazine rings is 1. The number of hydrogen-bond donors (Lipinski definition) is 1. The highest BCUT2D eigenvalue weighted by molar-refractivity contribution is 6.00. The molecule has 16 heavy (non-hydrogen) atoms. The van der Waals surface area contributed by atoms with Crippen molar-refractivity contribution in [2.24, 2.45) is 0 Å². The van der Waals surface area contributed by atoms with Crippen molar-refractivity contribution in [2.45, 2.75) is 25.8 Å². The summed E-state index contributed by atoms with van der Waals surface area (Å²) in [5, 5.41) is 3.30. The first-order chi connectivity index (χ1) is 7.62. The van der Waals surface area contributed by atoms with Gasteiger partial charge in [-0.2, -0.15) is 0 Å². The third-order valence-electron chi connectivity index (χ3n) is 3.39. The summed E-state index contributed by atoms with van der Waals surface area (Å²) in [4.78, 5) is 14.5. The van der Waals surface area contributed by atoms with Crippen molar-refractivity contribution in [2.75, 3.05) is 32.8 Å². The molecule has 1 saturated heterocycles. The minimum absolute atomic E-state index is 0.118. The second kappa shape index (κ2) is 4.55. The number of rotatable bonds is 3. The quantitative estimate of drug-likeness (QED) is 0.760. The van der Waals surface area contributed by atoms with Crippen LogP contribution in [0.1, 0.15) is 20.3 Å². The maximum absolute atomic E-state index is 12.3. The van der Waals surface area contributed by atoms with E-state index in [4.69, 9.17) is 4.74 Å². The Labute approximate surface area is 96.6 Å². The van der Waals surface area contributed by atoms with E-state index in [1.165, 1.54) is 0 Å². The summed E-state index contributed by atoms with van der Waals surface area (Å²) in [5.41, 5.74) is -0.446. The standard InChI is InChI=1S/C12H20N2O2/c1-12(2,14-7-5-13-6-8-14)11(15)10-4-3-9-16-10/h4,13H,3,5-9H2,1-2H3. The molecule has 90 valence electrons. The van der Waals surface area contributed by atoms with Crippen LogP contribution >= 0.6 is 0 Å². The molecule has 0 bridgehead atoms. The monoisotopic (exact) mass is 224 g/mol. The summed E-state index contributed by atoms with van der Waals surface area (Å²) in [6.07, 6.45) is 2.77. The fourth-order valence-electron chi connectivity index (χ4n) is 2.25. The van der Waals surface area contributed by atoms with E-state index in [1.54, 1.807) is 0 Å². The van der Waals surface area contributed by atoms with E-state index in [2.05, 4.69) is 10.2 Å². The first-order valence-corrected chi connectivity index (χ1v) is 5.96. The minimum atomic E-state index is -0.446. The number of hydrogen-bond acceptors (Lipinski definition) is 4. The van der Waals surface area contributed by atoms with Gasteiger partial charge >= 0.3 is 0 Å². The van der Waals surface area contributed by atoms with Crippen LogP contribution in [0.2, 0.25) is 0 Å². The number of ketones is 1. The number of ether oxygens (including phenoxy) is 1. The Morgan fingerprint density at radius 2 is 2.12 bits per heavy atom. The average molecular weight is 224 g/mol. The van der Waals surface area contributed by atoms with Gasteiger partial charge in [-0.15, -0.1) is 0 Å². The number of carbonyl (C=O) groups is 1. The van der Waals surface area contributed by atoms with E-state index in [-0.39, 0.29) is 5.78 Å². The molecular formula is C12H20N2O2. The van der Waals surface area contributed by atoms with Gasteiger partial charge < -0.3 is 10.1 Å². The Hall–Kier alpha value is -0.870. The Morgan fingerprint density at radius 3 is 2.69 bits per heavy atom. The van der Waals surface area contributed by atoms with E-state index in [9.17, 15) is 4.79 Å². The lowest BCUT2D eigenvalue weighted by atomic mass is 9.94. The number of nitrogens with one attached hydrogen (secondary N) is 1. The fraction of sp³-hybridized carbons (Fsp3) is 0.750. The average Bonchev–Trinajstić information content (AvgIpc) is 2.82. The molecule has 0 atom stereocenters. The molecule has 2 aliphatic rings. The van der Waals surface area contributed by atoms with E-state index in [0.29, 0.717) is 12.4 Å². The maximum Gasteiger partial charge on any atom is 0.216 e. The molecule has 1 fully saturated rings. The Bertz CT molecular complexity index is 304. The van der Waals surface area contributed by atoms with Gasteiger partial charge in [-0.1, -0.05) is 0 Å². The number of carbonyl (C=O) groups excluding carboxylic acids is 1. The predicted molar refractivity (Wildman–Crippen MR) is 62.2 cm³/mol. The highest BCUT2D eigenvalue weighted by Gasteiger charge is 2.38. The lowest BCUT2D eigenvalue weighted by molar-refractivity contribution is -0.129. The molecule has 4 nitrogen and oxygen atoms in total. The van der Waals surface area contributed by atoms with Crippen molar-refractivity contribution in [1.82, 2.24) is 10.2 Å². The zero-order chi connectivity index (χ0) is 11.6. The van der Waals surface area contributed by atoms with Gasteiger partial charge in [0, 0.05) is 32.6 Å². The summed E-state index contributed by atoms with van der Waals surface area (Å²) >= 11 is 0. The summed E-state index contributed by atoms with van der Waals surface area (Å²) < 4.78 is 5.36.